The second kappa shape index (κ2) is 8.95. The van der Waals surface area contributed by atoms with Gasteiger partial charge in [0.2, 0.25) is 5.91 Å². The summed E-state index contributed by atoms with van der Waals surface area (Å²) in [4.78, 5) is 38.7. The lowest BCUT2D eigenvalue weighted by atomic mass is 10.2. The third kappa shape index (κ3) is 4.86. The van der Waals surface area contributed by atoms with Crippen LogP contribution in [0.25, 0.3) is 0 Å². The highest BCUT2D eigenvalue weighted by Gasteiger charge is 2.42. The van der Waals surface area contributed by atoms with E-state index in [1.807, 2.05) is 0 Å². The average molecular weight is 469 g/mol. The van der Waals surface area contributed by atoms with E-state index in [4.69, 9.17) is 35.4 Å². The minimum Gasteiger partial charge on any atom is -0.326 e. The molecule has 2 aromatic rings. The molecule has 11 heteroatoms. The Morgan fingerprint density at radius 2 is 1.83 bits per heavy atom. The Morgan fingerprint density at radius 3 is 2.47 bits per heavy atom. The molecule has 0 radical (unpaired) electrons. The van der Waals surface area contributed by atoms with Gasteiger partial charge < -0.3 is 5.32 Å². The summed E-state index contributed by atoms with van der Waals surface area (Å²) >= 11 is 17.0. The maximum Gasteiger partial charge on any atom is 0.269 e. The van der Waals surface area contributed by atoms with Crippen molar-refractivity contribution in [3.05, 3.63) is 63.9 Å². The molecule has 1 atom stereocenters. The van der Waals surface area contributed by atoms with E-state index < -0.39 is 29.6 Å². The van der Waals surface area contributed by atoms with Crippen molar-refractivity contribution in [3.63, 3.8) is 0 Å². The van der Waals surface area contributed by atoms with E-state index in [2.05, 4.69) is 10.7 Å². The molecule has 1 aliphatic heterocycles. The van der Waals surface area contributed by atoms with E-state index >= 15 is 0 Å². The van der Waals surface area contributed by atoms with Crippen LogP contribution >= 0.6 is 35.4 Å². The largest absolute Gasteiger partial charge is 0.326 e. The number of nitrogens with one attached hydrogen (secondary N) is 2. The van der Waals surface area contributed by atoms with Crippen molar-refractivity contribution in [2.24, 2.45) is 0 Å². The summed E-state index contributed by atoms with van der Waals surface area (Å²) in [6.45, 7) is 0. The minimum atomic E-state index is -1.07. The predicted octanol–water partition coefficient (Wildman–Crippen LogP) is 3.23. The van der Waals surface area contributed by atoms with Crippen molar-refractivity contribution in [1.82, 2.24) is 15.3 Å². The number of amides is 3. The fourth-order valence-corrected chi connectivity index (χ4v) is 3.63. The second-order valence-electron chi connectivity index (χ2n) is 6.43. The number of hydrazine groups is 1. The number of carbonyl (C=O) groups is 3. The van der Waals surface area contributed by atoms with Gasteiger partial charge in [0.1, 0.15) is 11.9 Å². The van der Waals surface area contributed by atoms with Gasteiger partial charge in [0.25, 0.3) is 11.8 Å². The Bertz CT molecular complexity index is 1030. The fourth-order valence-electron chi connectivity index (χ4n) is 2.84. The molecule has 30 heavy (non-hydrogen) atoms. The van der Waals surface area contributed by atoms with E-state index in [1.54, 1.807) is 0 Å². The Kier molecular flexibility index (Phi) is 6.55. The van der Waals surface area contributed by atoms with Gasteiger partial charge in [0.05, 0.1) is 6.42 Å². The van der Waals surface area contributed by atoms with Gasteiger partial charge in [-0.05, 0) is 48.6 Å². The van der Waals surface area contributed by atoms with Crippen LogP contribution in [0.5, 0.6) is 0 Å². The first-order valence-corrected chi connectivity index (χ1v) is 9.75. The summed E-state index contributed by atoms with van der Waals surface area (Å²) in [6.07, 6.45) is -0.309. The molecule has 0 bridgehead atoms. The molecule has 3 amide bonds. The summed E-state index contributed by atoms with van der Waals surface area (Å²) < 4.78 is 13.4. The highest BCUT2D eigenvalue weighted by Crippen LogP contribution is 2.23. The van der Waals surface area contributed by atoms with Crippen molar-refractivity contribution in [2.75, 3.05) is 12.4 Å². The van der Waals surface area contributed by atoms with Gasteiger partial charge in [0, 0.05) is 28.3 Å². The van der Waals surface area contributed by atoms with Crippen molar-refractivity contribution < 1.29 is 18.8 Å². The third-order valence-electron chi connectivity index (χ3n) is 4.25. The first-order chi connectivity index (χ1) is 14.2. The number of likely N-dealkylation sites (N-methyl/N-ethyl adjacent to an activating group) is 1. The molecule has 156 valence electrons. The first-order valence-electron chi connectivity index (χ1n) is 8.59. The number of halogens is 3. The number of anilines is 1. The van der Waals surface area contributed by atoms with Gasteiger partial charge in [-0.2, -0.15) is 0 Å². The highest BCUT2D eigenvalue weighted by molar-refractivity contribution is 7.80. The van der Waals surface area contributed by atoms with Gasteiger partial charge in [-0.25, -0.2) is 9.40 Å². The third-order valence-corrected chi connectivity index (χ3v) is 5.16. The first kappa shape index (κ1) is 21.9. The molecule has 0 saturated carbocycles. The van der Waals surface area contributed by atoms with E-state index in [0.717, 1.165) is 16.0 Å². The topological polar surface area (TPSA) is 81.8 Å². The fraction of sp³-hybridized carbons (Fsp3) is 0.158. The molecule has 1 saturated heterocycles. The summed E-state index contributed by atoms with van der Waals surface area (Å²) in [5.74, 6) is -2.25. The molecule has 1 aliphatic rings. The molecule has 7 nitrogen and oxygen atoms in total. The smallest absolute Gasteiger partial charge is 0.269 e. The molecule has 2 N–H and O–H groups in total. The number of rotatable bonds is 5. The number of carbonyl (C=O) groups excluding carboxylic acids is 3. The van der Waals surface area contributed by atoms with Crippen LogP contribution < -0.4 is 10.7 Å². The monoisotopic (exact) mass is 468 g/mol. The molecule has 0 spiro atoms. The quantitative estimate of drug-likeness (QED) is 0.658. The van der Waals surface area contributed by atoms with Crippen LogP contribution in [0.1, 0.15) is 16.8 Å². The molecule has 3 rings (SSSR count). The van der Waals surface area contributed by atoms with Crippen LogP contribution in [-0.4, -0.2) is 45.8 Å². The number of benzene rings is 2. The molecule has 1 fully saturated rings. The van der Waals surface area contributed by atoms with Crippen molar-refractivity contribution >= 4 is 63.9 Å². The lowest BCUT2D eigenvalue weighted by Crippen LogP contribution is -2.49. The minimum absolute atomic E-state index is 0.00773. The van der Waals surface area contributed by atoms with Crippen LogP contribution in [0.2, 0.25) is 10.0 Å². The summed E-state index contributed by atoms with van der Waals surface area (Å²) in [5.41, 5.74) is 2.87. The van der Waals surface area contributed by atoms with Gasteiger partial charge in [-0.1, -0.05) is 29.3 Å². The number of hydrogen-bond donors (Lipinski definition) is 2. The Labute approximate surface area is 186 Å². The molecule has 0 unspecified atom stereocenters. The van der Waals surface area contributed by atoms with E-state index in [0.29, 0.717) is 15.7 Å². The summed E-state index contributed by atoms with van der Waals surface area (Å²) in [6, 6.07) is 8.47. The summed E-state index contributed by atoms with van der Waals surface area (Å²) in [7, 11) is 1.43. The molecular weight excluding hydrogens is 454 g/mol. The number of thiocarbonyl (C=S) groups is 1. The molecule has 0 aliphatic carbocycles. The van der Waals surface area contributed by atoms with Gasteiger partial charge >= 0.3 is 0 Å². The van der Waals surface area contributed by atoms with Crippen LogP contribution in [0.3, 0.4) is 0 Å². The van der Waals surface area contributed by atoms with Crippen LogP contribution in [0.15, 0.2) is 42.5 Å². The van der Waals surface area contributed by atoms with Crippen LogP contribution in [-0.2, 0) is 9.59 Å². The van der Waals surface area contributed by atoms with Crippen LogP contribution in [0, 0.1) is 5.82 Å². The Hall–Kier alpha value is -2.75. The molecular formula is C19H15Cl2FN4O3S. The maximum atomic E-state index is 13.4. The lowest BCUT2D eigenvalue weighted by molar-refractivity contribution is -0.130. The SMILES string of the molecule is CN1C(=O)[C@H](CC(=O)Nc2cc(Cl)cc(Cl)c2)N(NC(=O)c2cccc(F)c2)C1=S. The second-order valence-corrected chi connectivity index (χ2v) is 7.67. The number of nitrogens with zero attached hydrogens (tertiary/aromatic N) is 2. The number of hydrogen-bond acceptors (Lipinski definition) is 4. The standard InChI is InChI=1S/C19H15Cl2FN4O3S/c1-25-18(29)15(9-16(27)23-14-7-11(20)6-12(21)8-14)26(19(25)30)24-17(28)10-3-2-4-13(22)5-10/h2-8,15H,9H2,1H3,(H,23,27)(H,24,28)/t15-/m0/s1. The highest BCUT2D eigenvalue weighted by atomic mass is 35.5. The van der Waals surface area contributed by atoms with E-state index in [9.17, 15) is 18.8 Å². The van der Waals surface area contributed by atoms with Gasteiger partial charge in [-0.15, -0.1) is 0 Å². The van der Waals surface area contributed by atoms with E-state index in [1.165, 1.54) is 43.4 Å². The summed E-state index contributed by atoms with van der Waals surface area (Å²) in [5, 5.41) is 4.40. The zero-order valence-corrected chi connectivity index (χ0v) is 17.8. The normalized spacial score (nSPS) is 16.1. The van der Waals surface area contributed by atoms with Gasteiger partial charge in [0.15, 0.2) is 5.11 Å². The van der Waals surface area contributed by atoms with Crippen molar-refractivity contribution in [2.45, 2.75) is 12.5 Å². The predicted molar refractivity (Wildman–Crippen MR) is 115 cm³/mol. The van der Waals surface area contributed by atoms with E-state index in [-0.39, 0.29) is 17.1 Å². The van der Waals surface area contributed by atoms with Gasteiger partial charge in [-0.3, -0.25) is 24.7 Å². The zero-order valence-electron chi connectivity index (χ0n) is 15.5. The zero-order chi connectivity index (χ0) is 22.0. The Morgan fingerprint density at radius 1 is 1.17 bits per heavy atom. The lowest BCUT2D eigenvalue weighted by Gasteiger charge is -2.24. The molecule has 2 aromatic carbocycles. The molecule has 1 heterocycles. The van der Waals surface area contributed by atoms with Crippen molar-refractivity contribution in [3.8, 4) is 0 Å². The van der Waals surface area contributed by atoms with Crippen LogP contribution in [0.4, 0.5) is 10.1 Å². The average Bonchev–Trinajstić information content (AvgIpc) is 2.85. The molecule has 0 aromatic heterocycles. The van der Waals surface area contributed by atoms with Crippen molar-refractivity contribution in [1.29, 1.82) is 0 Å². The maximum absolute atomic E-state index is 13.4. The Balaban J connectivity index is 1.75.